The number of hydrogen-bond donors (Lipinski definition) is 0. The molecule has 1 aromatic heterocycles. The molecule has 3 nitrogen and oxygen atoms in total. The van der Waals surface area contributed by atoms with Crippen LogP contribution in [0.3, 0.4) is 0 Å². The maximum absolute atomic E-state index is 5.47. The van der Waals surface area contributed by atoms with Crippen LogP contribution in [0.2, 0.25) is 0 Å². The zero-order chi connectivity index (χ0) is 12.1. The first kappa shape index (κ1) is 11.5. The van der Waals surface area contributed by atoms with E-state index in [4.69, 9.17) is 9.47 Å². The van der Waals surface area contributed by atoms with Crippen LogP contribution in [0.15, 0.2) is 42.6 Å². The second kappa shape index (κ2) is 5.34. The van der Waals surface area contributed by atoms with Crippen molar-refractivity contribution in [2.45, 2.75) is 6.92 Å². The average molecular weight is 229 g/mol. The van der Waals surface area contributed by atoms with Gasteiger partial charge in [-0.3, -0.25) is 4.98 Å². The summed E-state index contributed by atoms with van der Waals surface area (Å²) in [5.41, 5.74) is 1.94. The minimum atomic E-state index is 0.624. The van der Waals surface area contributed by atoms with Gasteiger partial charge in [0.2, 0.25) is 0 Å². The number of rotatable bonds is 4. The highest BCUT2D eigenvalue weighted by Crippen LogP contribution is 2.31. The third-order valence-electron chi connectivity index (χ3n) is 2.42. The first-order valence-corrected chi connectivity index (χ1v) is 5.57. The van der Waals surface area contributed by atoms with Crippen LogP contribution in [0.4, 0.5) is 0 Å². The van der Waals surface area contributed by atoms with E-state index < -0.39 is 0 Å². The molecule has 0 fully saturated rings. The standard InChI is InChI=1S/C14H15NO2/c1-3-17-13-8-7-11(10-14(13)16-2)12-6-4-5-9-15-12/h4-10H,3H2,1-2H3. The fourth-order valence-corrected chi connectivity index (χ4v) is 1.64. The van der Waals surface area contributed by atoms with Gasteiger partial charge < -0.3 is 9.47 Å². The minimum Gasteiger partial charge on any atom is -0.493 e. The van der Waals surface area contributed by atoms with Crippen molar-refractivity contribution in [2.75, 3.05) is 13.7 Å². The Morgan fingerprint density at radius 1 is 1.12 bits per heavy atom. The van der Waals surface area contributed by atoms with Crippen LogP contribution >= 0.6 is 0 Å². The van der Waals surface area contributed by atoms with Crippen molar-refractivity contribution >= 4 is 0 Å². The quantitative estimate of drug-likeness (QED) is 0.807. The second-order valence-electron chi connectivity index (χ2n) is 3.51. The van der Waals surface area contributed by atoms with E-state index in [1.165, 1.54) is 0 Å². The van der Waals surface area contributed by atoms with E-state index in [0.717, 1.165) is 22.8 Å². The van der Waals surface area contributed by atoms with Gasteiger partial charge in [-0.25, -0.2) is 0 Å². The highest BCUT2D eigenvalue weighted by molar-refractivity contribution is 5.63. The number of benzene rings is 1. The third-order valence-corrected chi connectivity index (χ3v) is 2.42. The van der Waals surface area contributed by atoms with Crippen molar-refractivity contribution in [2.24, 2.45) is 0 Å². The molecule has 0 aliphatic carbocycles. The van der Waals surface area contributed by atoms with E-state index in [2.05, 4.69) is 4.98 Å². The summed E-state index contributed by atoms with van der Waals surface area (Å²) in [6.07, 6.45) is 1.78. The van der Waals surface area contributed by atoms with E-state index in [1.54, 1.807) is 13.3 Å². The molecule has 2 aromatic rings. The van der Waals surface area contributed by atoms with Crippen LogP contribution in [0.1, 0.15) is 6.92 Å². The molecule has 0 bridgehead atoms. The van der Waals surface area contributed by atoms with Crippen molar-refractivity contribution in [3.05, 3.63) is 42.6 Å². The van der Waals surface area contributed by atoms with E-state index in [1.807, 2.05) is 43.3 Å². The van der Waals surface area contributed by atoms with Gasteiger partial charge in [-0.2, -0.15) is 0 Å². The lowest BCUT2D eigenvalue weighted by Gasteiger charge is -2.10. The highest BCUT2D eigenvalue weighted by atomic mass is 16.5. The maximum Gasteiger partial charge on any atom is 0.161 e. The zero-order valence-electron chi connectivity index (χ0n) is 10.0. The predicted molar refractivity (Wildman–Crippen MR) is 67.4 cm³/mol. The molecule has 2 rings (SSSR count). The molecular formula is C14H15NO2. The molecule has 1 aromatic carbocycles. The SMILES string of the molecule is CCOc1ccc(-c2ccccn2)cc1OC. The Hall–Kier alpha value is -2.03. The molecule has 0 amide bonds. The van der Waals surface area contributed by atoms with Crippen LogP contribution < -0.4 is 9.47 Å². The van der Waals surface area contributed by atoms with Gasteiger partial charge in [0.25, 0.3) is 0 Å². The Morgan fingerprint density at radius 2 is 2.00 bits per heavy atom. The lowest BCUT2D eigenvalue weighted by atomic mass is 10.1. The van der Waals surface area contributed by atoms with Gasteiger partial charge in [-0.1, -0.05) is 6.07 Å². The molecule has 0 aliphatic heterocycles. The van der Waals surface area contributed by atoms with E-state index in [-0.39, 0.29) is 0 Å². The minimum absolute atomic E-state index is 0.624. The lowest BCUT2D eigenvalue weighted by molar-refractivity contribution is 0.311. The molecule has 0 radical (unpaired) electrons. The summed E-state index contributed by atoms with van der Waals surface area (Å²) in [7, 11) is 1.64. The number of methoxy groups -OCH3 is 1. The molecule has 1 heterocycles. The summed E-state index contributed by atoms with van der Waals surface area (Å²) < 4.78 is 10.8. The van der Waals surface area contributed by atoms with Gasteiger partial charge in [-0.05, 0) is 37.3 Å². The predicted octanol–water partition coefficient (Wildman–Crippen LogP) is 3.16. The fraction of sp³-hybridized carbons (Fsp3) is 0.214. The van der Waals surface area contributed by atoms with Gasteiger partial charge in [0.15, 0.2) is 11.5 Å². The van der Waals surface area contributed by atoms with Crippen LogP contribution in [0, 0.1) is 0 Å². The largest absolute Gasteiger partial charge is 0.493 e. The summed E-state index contributed by atoms with van der Waals surface area (Å²) in [5.74, 6) is 1.49. The molecule has 88 valence electrons. The van der Waals surface area contributed by atoms with Crippen molar-refractivity contribution in [1.82, 2.24) is 4.98 Å². The van der Waals surface area contributed by atoms with Crippen LogP contribution in [-0.2, 0) is 0 Å². The first-order chi connectivity index (χ1) is 8.35. The van der Waals surface area contributed by atoms with Crippen molar-refractivity contribution in [3.63, 3.8) is 0 Å². The topological polar surface area (TPSA) is 31.4 Å². The molecule has 17 heavy (non-hydrogen) atoms. The van der Waals surface area contributed by atoms with Gasteiger partial charge in [0, 0.05) is 11.8 Å². The summed E-state index contributed by atoms with van der Waals surface area (Å²) in [6.45, 7) is 2.57. The Morgan fingerprint density at radius 3 is 2.65 bits per heavy atom. The molecule has 0 saturated heterocycles. The van der Waals surface area contributed by atoms with Crippen molar-refractivity contribution < 1.29 is 9.47 Å². The highest BCUT2D eigenvalue weighted by Gasteiger charge is 2.06. The van der Waals surface area contributed by atoms with Crippen molar-refractivity contribution in [3.8, 4) is 22.8 Å². The van der Waals surface area contributed by atoms with E-state index in [0.29, 0.717) is 6.61 Å². The van der Waals surface area contributed by atoms with E-state index in [9.17, 15) is 0 Å². The molecule has 0 spiro atoms. The molecule has 0 atom stereocenters. The van der Waals surface area contributed by atoms with Crippen LogP contribution in [-0.4, -0.2) is 18.7 Å². The number of ether oxygens (including phenoxy) is 2. The fourth-order valence-electron chi connectivity index (χ4n) is 1.64. The van der Waals surface area contributed by atoms with Gasteiger partial charge in [0.1, 0.15) is 0 Å². The lowest BCUT2D eigenvalue weighted by Crippen LogP contribution is -1.95. The van der Waals surface area contributed by atoms with Gasteiger partial charge in [-0.15, -0.1) is 0 Å². The molecule has 3 heteroatoms. The average Bonchev–Trinajstić information content (AvgIpc) is 2.40. The van der Waals surface area contributed by atoms with Crippen LogP contribution in [0.5, 0.6) is 11.5 Å². The second-order valence-corrected chi connectivity index (χ2v) is 3.51. The molecule has 0 saturated carbocycles. The Kier molecular flexibility index (Phi) is 3.60. The molecular weight excluding hydrogens is 214 g/mol. The normalized spacial score (nSPS) is 10.0. The van der Waals surface area contributed by atoms with Crippen LogP contribution in [0.25, 0.3) is 11.3 Å². The zero-order valence-corrected chi connectivity index (χ0v) is 10.0. The Bertz CT molecular complexity index is 483. The third kappa shape index (κ3) is 2.56. The number of nitrogens with zero attached hydrogens (tertiary/aromatic N) is 1. The monoisotopic (exact) mass is 229 g/mol. The summed E-state index contributed by atoms with van der Waals surface area (Å²) in [5, 5.41) is 0. The van der Waals surface area contributed by atoms with Crippen molar-refractivity contribution in [1.29, 1.82) is 0 Å². The summed E-state index contributed by atoms with van der Waals surface area (Å²) >= 11 is 0. The molecule has 0 aliphatic rings. The Labute approximate surface area is 101 Å². The maximum atomic E-state index is 5.47. The number of pyridine rings is 1. The van der Waals surface area contributed by atoms with Gasteiger partial charge >= 0.3 is 0 Å². The van der Waals surface area contributed by atoms with E-state index >= 15 is 0 Å². The summed E-state index contributed by atoms with van der Waals surface area (Å²) in [4.78, 5) is 4.30. The smallest absolute Gasteiger partial charge is 0.161 e. The number of aromatic nitrogens is 1. The number of hydrogen-bond acceptors (Lipinski definition) is 3. The first-order valence-electron chi connectivity index (χ1n) is 5.57. The molecule has 0 N–H and O–H groups in total. The summed E-state index contributed by atoms with van der Waals surface area (Å²) in [6, 6.07) is 11.7. The molecule has 0 unspecified atom stereocenters. The van der Waals surface area contributed by atoms with Gasteiger partial charge in [0.05, 0.1) is 19.4 Å². The Balaban J connectivity index is 2.38.